The Morgan fingerprint density at radius 2 is 1.84 bits per heavy atom. The molecule has 37 heavy (non-hydrogen) atoms. The number of carbonyl (C=O) groups is 1. The van der Waals surface area contributed by atoms with Crippen LogP contribution in [0.5, 0.6) is 0 Å². The molecule has 1 aliphatic heterocycles. The Morgan fingerprint density at radius 3 is 2.54 bits per heavy atom. The van der Waals surface area contributed by atoms with Gasteiger partial charge in [0.05, 0.1) is 22.8 Å². The molecule has 0 spiro atoms. The average Bonchev–Trinajstić information content (AvgIpc) is 2.83. The lowest BCUT2D eigenvalue weighted by Gasteiger charge is -2.36. The maximum Gasteiger partial charge on any atom is 0.248 e. The number of anilines is 1. The van der Waals surface area contributed by atoms with Gasteiger partial charge in [-0.2, -0.15) is 0 Å². The van der Waals surface area contributed by atoms with Gasteiger partial charge in [-0.05, 0) is 73.0 Å². The van der Waals surface area contributed by atoms with E-state index in [9.17, 15) is 13.6 Å². The van der Waals surface area contributed by atoms with Crippen LogP contribution in [0.2, 0.25) is 10.0 Å². The molecular weight excluding hydrogens is 519 g/mol. The van der Waals surface area contributed by atoms with Gasteiger partial charge in [0, 0.05) is 39.7 Å². The van der Waals surface area contributed by atoms with E-state index in [4.69, 9.17) is 34.7 Å². The molecule has 2 heterocycles. The van der Waals surface area contributed by atoms with Crippen molar-refractivity contribution in [3.63, 3.8) is 0 Å². The standard InChI is InChI=1S/C27H23Cl2F2N5O/c1-13-4-15(7-17(28)5-13)25-26(36-3-2-23(32)22(31)12-36)20-10-19(21(29)11-24(20)34-35-25)14-6-16(27(33)37)9-18(30)8-14/h4-11,22-23H,2-3,12,32H2,1H3,(H2,33,37)/t22-,23-/m1/s1. The first-order chi connectivity index (χ1) is 17.6. The Labute approximate surface area is 222 Å². The normalized spacial score (nSPS) is 17.8. The molecule has 1 fully saturated rings. The molecule has 0 bridgehead atoms. The maximum absolute atomic E-state index is 14.8. The zero-order valence-corrected chi connectivity index (χ0v) is 21.3. The summed E-state index contributed by atoms with van der Waals surface area (Å²) >= 11 is 12.9. The third-order valence-corrected chi connectivity index (χ3v) is 7.07. The second-order valence-electron chi connectivity index (χ2n) is 9.27. The van der Waals surface area contributed by atoms with Crippen molar-refractivity contribution in [1.29, 1.82) is 0 Å². The molecule has 0 aliphatic carbocycles. The number of piperidine rings is 1. The number of halogens is 4. The average molecular weight is 542 g/mol. The molecule has 0 radical (unpaired) electrons. The monoisotopic (exact) mass is 541 g/mol. The zero-order chi connectivity index (χ0) is 26.4. The summed E-state index contributed by atoms with van der Waals surface area (Å²) in [6.07, 6.45) is -0.787. The van der Waals surface area contributed by atoms with E-state index in [2.05, 4.69) is 10.2 Å². The van der Waals surface area contributed by atoms with Crippen LogP contribution in [0.3, 0.4) is 0 Å². The van der Waals surface area contributed by atoms with E-state index < -0.39 is 23.9 Å². The van der Waals surface area contributed by atoms with Gasteiger partial charge in [0.1, 0.15) is 17.7 Å². The van der Waals surface area contributed by atoms with E-state index in [0.717, 1.165) is 17.2 Å². The highest BCUT2D eigenvalue weighted by Crippen LogP contribution is 2.41. The summed E-state index contributed by atoms with van der Waals surface area (Å²) in [5.74, 6) is -1.39. The number of amides is 1. The van der Waals surface area contributed by atoms with Crippen LogP contribution < -0.4 is 16.4 Å². The van der Waals surface area contributed by atoms with Crippen LogP contribution in [0.1, 0.15) is 22.3 Å². The highest BCUT2D eigenvalue weighted by molar-refractivity contribution is 6.34. The molecule has 4 aromatic rings. The molecule has 6 nitrogen and oxygen atoms in total. The minimum atomic E-state index is -1.24. The third-order valence-electron chi connectivity index (χ3n) is 6.54. The van der Waals surface area contributed by atoms with Crippen molar-refractivity contribution in [3.8, 4) is 22.4 Å². The number of aryl methyl sites for hydroxylation is 1. The molecule has 1 aromatic heterocycles. The van der Waals surface area contributed by atoms with E-state index in [1.807, 2.05) is 24.0 Å². The Balaban J connectivity index is 1.79. The molecule has 5 rings (SSSR count). The van der Waals surface area contributed by atoms with Crippen LogP contribution in [0.25, 0.3) is 33.3 Å². The van der Waals surface area contributed by atoms with Gasteiger partial charge >= 0.3 is 0 Å². The largest absolute Gasteiger partial charge is 0.366 e. The number of benzene rings is 3. The highest BCUT2D eigenvalue weighted by atomic mass is 35.5. The third kappa shape index (κ3) is 4.97. The minimum absolute atomic E-state index is 0.0135. The smallest absolute Gasteiger partial charge is 0.248 e. The van der Waals surface area contributed by atoms with Crippen molar-refractivity contribution in [2.75, 3.05) is 18.0 Å². The summed E-state index contributed by atoms with van der Waals surface area (Å²) < 4.78 is 29.2. The van der Waals surface area contributed by atoms with Crippen molar-refractivity contribution < 1.29 is 13.6 Å². The number of rotatable bonds is 4. The van der Waals surface area contributed by atoms with Gasteiger partial charge in [-0.1, -0.05) is 23.2 Å². The fraction of sp³-hybridized carbons (Fsp3) is 0.222. The van der Waals surface area contributed by atoms with Crippen LogP contribution in [-0.2, 0) is 0 Å². The molecule has 3 aromatic carbocycles. The number of alkyl halides is 1. The predicted molar refractivity (Wildman–Crippen MR) is 143 cm³/mol. The van der Waals surface area contributed by atoms with E-state index in [1.54, 1.807) is 18.2 Å². The molecule has 1 saturated heterocycles. The van der Waals surface area contributed by atoms with Crippen LogP contribution in [0.15, 0.2) is 48.5 Å². The van der Waals surface area contributed by atoms with Gasteiger partial charge in [-0.15, -0.1) is 10.2 Å². The van der Waals surface area contributed by atoms with Gasteiger partial charge < -0.3 is 16.4 Å². The Bertz CT molecular complexity index is 1530. The second-order valence-corrected chi connectivity index (χ2v) is 10.1. The van der Waals surface area contributed by atoms with Crippen molar-refractivity contribution >= 4 is 45.7 Å². The minimum Gasteiger partial charge on any atom is -0.366 e. The van der Waals surface area contributed by atoms with Crippen LogP contribution in [0.4, 0.5) is 14.5 Å². The fourth-order valence-corrected chi connectivity index (χ4v) is 5.29. The zero-order valence-electron chi connectivity index (χ0n) is 19.8. The molecule has 10 heteroatoms. The number of nitrogens with two attached hydrogens (primary N) is 2. The van der Waals surface area contributed by atoms with Crippen LogP contribution in [-0.4, -0.2) is 41.4 Å². The van der Waals surface area contributed by atoms with Crippen molar-refractivity contribution in [2.45, 2.75) is 25.6 Å². The first kappa shape index (κ1) is 25.3. The Kier molecular flexibility index (Phi) is 6.74. The molecule has 4 N–H and O–H groups in total. The summed E-state index contributed by atoms with van der Waals surface area (Å²) in [6, 6.07) is 12.2. The van der Waals surface area contributed by atoms with Crippen LogP contribution in [0, 0.1) is 12.7 Å². The Morgan fingerprint density at radius 1 is 1.05 bits per heavy atom. The number of primary amides is 1. The van der Waals surface area contributed by atoms with Gasteiger partial charge in [0.15, 0.2) is 0 Å². The lowest BCUT2D eigenvalue weighted by Crippen LogP contribution is -2.48. The maximum atomic E-state index is 14.8. The molecular formula is C27H23Cl2F2N5O. The lowest BCUT2D eigenvalue weighted by molar-refractivity contribution is 0.1000. The van der Waals surface area contributed by atoms with Crippen molar-refractivity contribution in [2.24, 2.45) is 11.5 Å². The number of carbonyl (C=O) groups excluding carboxylic acids is 1. The van der Waals surface area contributed by atoms with Gasteiger partial charge in [0.2, 0.25) is 5.91 Å². The van der Waals surface area contributed by atoms with Gasteiger partial charge in [-0.25, -0.2) is 8.78 Å². The topological polar surface area (TPSA) is 98.1 Å². The van der Waals surface area contributed by atoms with Crippen molar-refractivity contribution in [1.82, 2.24) is 10.2 Å². The number of hydrogen-bond donors (Lipinski definition) is 2. The van der Waals surface area contributed by atoms with E-state index in [0.29, 0.717) is 51.4 Å². The number of hydrogen-bond acceptors (Lipinski definition) is 5. The highest BCUT2D eigenvalue weighted by Gasteiger charge is 2.30. The summed E-state index contributed by atoms with van der Waals surface area (Å²) in [5.41, 5.74) is 15.5. The van der Waals surface area contributed by atoms with Crippen LogP contribution >= 0.6 is 23.2 Å². The Hall–Kier alpha value is -3.33. The molecule has 190 valence electrons. The first-order valence-corrected chi connectivity index (χ1v) is 12.4. The van der Waals surface area contributed by atoms with E-state index in [-0.39, 0.29) is 17.1 Å². The predicted octanol–water partition coefficient (Wildman–Crippen LogP) is 5.69. The molecule has 0 unspecified atom stereocenters. The number of nitrogens with zero attached hydrogens (tertiary/aromatic N) is 3. The lowest BCUT2D eigenvalue weighted by atomic mass is 9.96. The molecule has 1 aliphatic rings. The van der Waals surface area contributed by atoms with Gasteiger partial charge in [0.25, 0.3) is 0 Å². The second kappa shape index (κ2) is 9.85. The quantitative estimate of drug-likeness (QED) is 0.345. The fourth-order valence-electron chi connectivity index (χ4n) is 4.74. The van der Waals surface area contributed by atoms with E-state index >= 15 is 0 Å². The first-order valence-electron chi connectivity index (χ1n) is 11.6. The molecule has 0 saturated carbocycles. The SMILES string of the molecule is Cc1cc(Cl)cc(-c2nnc3cc(Cl)c(-c4cc(F)cc(C(N)=O)c4)cc3c2N2CC[C@@H](N)[C@H](F)C2)c1. The summed E-state index contributed by atoms with van der Waals surface area (Å²) in [6.45, 7) is 2.48. The molecule has 2 atom stereocenters. The number of fused-ring (bicyclic) bond motifs is 1. The number of aromatic nitrogens is 2. The van der Waals surface area contributed by atoms with Gasteiger partial charge in [-0.3, -0.25) is 4.79 Å². The van der Waals surface area contributed by atoms with Crippen molar-refractivity contribution in [3.05, 3.63) is 75.5 Å². The van der Waals surface area contributed by atoms with E-state index in [1.165, 1.54) is 12.1 Å². The summed E-state index contributed by atoms with van der Waals surface area (Å²) in [4.78, 5) is 13.6. The summed E-state index contributed by atoms with van der Waals surface area (Å²) in [5, 5.41) is 10.3. The summed E-state index contributed by atoms with van der Waals surface area (Å²) in [7, 11) is 0. The molecule has 1 amide bonds.